The van der Waals surface area contributed by atoms with E-state index >= 15 is 0 Å². The number of carbonyl (C=O) groups is 1. The summed E-state index contributed by atoms with van der Waals surface area (Å²) in [5.41, 5.74) is 4.20. The molecule has 0 fully saturated rings. The molecule has 0 saturated carbocycles. The minimum atomic E-state index is -0.290. The van der Waals surface area contributed by atoms with E-state index in [9.17, 15) is 4.79 Å². The van der Waals surface area contributed by atoms with Gasteiger partial charge in [0.2, 0.25) is 6.79 Å². The quantitative estimate of drug-likeness (QED) is 0.706. The highest BCUT2D eigenvalue weighted by atomic mass is 16.7. The molecule has 1 aliphatic heterocycles. The van der Waals surface area contributed by atoms with Gasteiger partial charge in [-0.25, -0.2) is 0 Å². The number of nitrogens with one attached hydrogen (secondary N) is 2. The van der Waals surface area contributed by atoms with Crippen LogP contribution in [-0.2, 0) is 6.54 Å². The summed E-state index contributed by atoms with van der Waals surface area (Å²) in [5.74, 6) is 1.79. The van der Waals surface area contributed by atoms with E-state index in [1.54, 1.807) is 12.1 Å². The number of benzene rings is 2. The van der Waals surface area contributed by atoms with Crippen molar-refractivity contribution in [1.82, 2.24) is 10.2 Å². The van der Waals surface area contributed by atoms with Crippen LogP contribution < -0.4 is 20.1 Å². The molecule has 0 radical (unpaired) electrons. The molecule has 4 rings (SSSR count). The molecule has 1 aliphatic rings. The van der Waals surface area contributed by atoms with E-state index < -0.39 is 0 Å². The molecule has 2 heterocycles. The van der Waals surface area contributed by atoms with Gasteiger partial charge >= 0.3 is 0 Å². The van der Waals surface area contributed by atoms with Crippen LogP contribution in [0.2, 0.25) is 0 Å². The number of nitrogens with zero attached hydrogens (tertiary/aromatic N) is 2. The van der Waals surface area contributed by atoms with Gasteiger partial charge in [-0.2, -0.15) is 0 Å². The second kappa shape index (κ2) is 7.56. The van der Waals surface area contributed by atoms with E-state index in [1.165, 1.54) is 0 Å². The van der Waals surface area contributed by atoms with Gasteiger partial charge in [0.15, 0.2) is 17.2 Å². The van der Waals surface area contributed by atoms with Crippen molar-refractivity contribution in [3.63, 3.8) is 0 Å². The van der Waals surface area contributed by atoms with Crippen LogP contribution in [0.1, 0.15) is 27.2 Å². The fourth-order valence-corrected chi connectivity index (χ4v) is 2.93. The van der Waals surface area contributed by atoms with Crippen LogP contribution in [0.15, 0.2) is 48.5 Å². The first-order valence-electron chi connectivity index (χ1n) is 8.93. The molecule has 28 heavy (non-hydrogen) atoms. The number of fused-ring (bicyclic) bond motifs is 1. The number of aryl methyl sites for hydroxylation is 2. The number of amides is 1. The lowest BCUT2D eigenvalue weighted by Crippen LogP contribution is -2.15. The number of hydrogen-bond acceptors (Lipinski definition) is 6. The summed E-state index contributed by atoms with van der Waals surface area (Å²) in [5, 5.41) is 14.2. The van der Waals surface area contributed by atoms with Crippen LogP contribution >= 0.6 is 0 Å². The molecule has 142 valence electrons. The number of ether oxygens (including phenoxy) is 2. The Morgan fingerprint density at radius 1 is 1.00 bits per heavy atom. The molecule has 2 N–H and O–H groups in total. The van der Waals surface area contributed by atoms with Crippen molar-refractivity contribution in [2.75, 3.05) is 17.4 Å². The highest BCUT2D eigenvalue weighted by molar-refractivity contribution is 6.03. The maximum atomic E-state index is 12.4. The second-order valence-corrected chi connectivity index (χ2v) is 6.62. The predicted octanol–water partition coefficient (Wildman–Crippen LogP) is 3.69. The van der Waals surface area contributed by atoms with Crippen molar-refractivity contribution in [1.29, 1.82) is 0 Å². The maximum Gasteiger partial charge on any atom is 0.276 e. The Bertz CT molecular complexity index is 1020. The number of carbonyl (C=O) groups excluding carboxylic acids is 1. The Morgan fingerprint density at radius 3 is 2.64 bits per heavy atom. The zero-order valence-corrected chi connectivity index (χ0v) is 15.7. The summed E-state index contributed by atoms with van der Waals surface area (Å²) in [6, 6.07) is 15.0. The van der Waals surface area contributed by atoms with Crippen LogP contribution in [0.25, 0.3) is 0 Å². The van der Waals surface area contributed by atoms with E-state index in [2.05, 4.69) is 20.8 Å². The van der Waals surface area contributed by atoms with Gasteiger partial charge < -0.3 is 20.1 Å². The lowest BCUT2D eigenvalue weighted by Gasteiger charge is -2.09. The Labute approximate surface area is 162 Å². The van der Waals surface area contributed by atoms with Crippen molar-refractivity contribution >= 4 is 17.4 Å². The first kappa shape index (κ1) is 17.8. The average Bonchev–Trinajstić information content (AvgIpc) is 3.17. The zero-order valence-electron chi connectivity index (χ0n) is 15.7. The number of anilines is 2. The fraction of sp³-hybridized carbons (Fsp3) is 0.190. The molecule has 0 aliphatic carbocycles. The minimum Gasteiger partial charge on any atom is -0.454 e. The van der Waals surface area contributed by atoms with Gasteiger partial charge in [0, 0.05) is 12.2 Å². The van der Waals surface area contributed by atoms with Crippen molar-refractivity contribution in [3.05, 3.63) is 70.9 Å². The van der Waals surface area contributed by atoms with E-state index in [4.69, 9.17) is 9.47 Å². The summed E-state index contributed by atoms with van der Waals surface area (Å²) in [4.78, 5) is 12.4. The van der Waals surface area contributed by atoms with E-state index in [1.807, 2.05) is 50.2 Å². The van der Waals surface area contributed by atoms with Crippen LogP contribution in [0, 0.1) is 13.8 Å². The molecule has 0 saturated heterocycles. The van der Waals surface area contributed by atoms with Gasteiger partial charge in [0.25, 0.3) is 5.91 Å². The van der Waals surface area contributed by atoms with Crippen molar-refractivity contribution in [2.45, 2.75) is 20.4 Å². The standard InChI is InChI=1S/C21H20N4O3/c1-13-3-5-16(14(2)9-13)23-21(26)17-6-8-20(25-24-17)22-11-15-4-7-18-19(10-15)28-12-27-18/h3-10H,11-12H2,1-2H3,(H,22,25)(H,23,26). The smallest absolute Gasteiger partial charge is 0.276 e. The highest BCUT2D eigenvalue weighted by Gasteiger charge is 2.13. The van der Waals surface area contributed by atoms with Crippen LogP contribution in [0.3, 0.4) is 0 Å². The highest BCUT2D eigenvalue weighted by Crippen LogP contribution is 2.32. The Hall–Kier alpha value is -3.61. The summed E-state index contributed by atoms with van der Waals surface area (Å²) in [7, 11) is 0. The summed E-state index contributed by atoms with van der Waals surface area (Å²) in [6.07, 6.45) is 0. The van der Waals surface area contributed by atoms with Crippen LogP contribution in [0.4, 0.5) is 11.5 Å². The molecule has 3 aromatic rings. The predicted molar refractivity (Wildman–Crippen MR) is 106 cm³/mol. The molecule has 0 bridgehead atoms. The topological polar surface area (TPSA) is 85.4 Å². The summed E-state index contributed by atoms with van der Waals surface area (Å²) in [6.45, 7) is 4.78. The van der Waals surface area contributed by atoms with Crippen LogP contribution in [-0.4, -0.2) is 22.9 Å². The van der Waals surface area contributed by atoms with E-state index in [0.717, 1.165) is 33.9 Å². The lowest BCUT2D eigenvalue weighted by molar-refractivity contribution is 0.102. The van der Waals surface area contributed by atoms with Crippen LogP contribution in [0.5, 0.6) is 11.5 Å². The van der Waals surface area contributed by atoms with Crippen molar-refractivity contribution in [2.24, 2.45) is 0 Å². The van der Waals surface area contributed by atoms with Gasteiger partial charge in [-0.3, -0.25) is 4.79 Å². The summed E-state index contributed by atoms with van der Waals surface area (Å²) < 4.78 is 10.7. The first-order valence-corrected chi connectivity index (χ1v) is 8.93. The zero-order chi connectivity index (χ0) is 19.5. The second-order valence-electron chi connectivity index (χ2n) is 6.62. The molecule has 0 unspecified atom stereocenters. The maximum absolute atomic E-state index is 12.4. The Balaban J connectivity index is 1.37. The average molecular weight is 376 g/mol. The Morgan fingerprint density at radius 2 is 1.86 bits per heavy atom. The van der Waals surface area contributed by atoms with E-state index in [0.29, 0.717) is 12.4 Å². The lowest BCUT2D eigenvalue weighted by atomic mass is 10.1. The third-order valence-corrected chi connectivity index (χ3v) is 4.44. The number of hydrogen-bond donors (Lipinski definition) is 2. The molecule has 7 heteroatoms. The van der Waals surface area contributed by atoms with Gasteiger partial charge in [-0.05, 0) is 55.3 Å². The molecule has 1 aromatic heterocycles. The largest absolute Gasteiger partial charge is 0.454 e. The molecule has 2 aromatic carbocycles. The molecule has 0 atom stereocenters. The molecule has 7 nitrogen and oxygen atoms in total. The normalized spacial score (nSPS) is 11.9. The van der Waals surface area contributed by atoms with Gasteiger partial charge in [0.05, 0.1) is 0 Å². The van der Waals surface area contributed by atoms with Gasteiger partial charge in [-0.15, -0.1) is 10.2 Å². The third kappa shape index (κ3) is 3.88. The summed E-state index contributed by atoms with van der Waals surface area (Å²) >= 11 is 0. The minimum absolute atomic E-state index is 0.253. The van der Waals surface area contributed by atoms with Gasteiger partial charge in [-0.1, -0.05) is 23.8 Å². The fourth-order valence-electron chi connectivity index (χ4n) is 2.93. The van der Waals surface area contributed by atoms with Crippen molar-refractivity contribution in [3.8, 4) is 11.5 Å². The molecule has 1 amide bonds. The van der Waals surface area contributed by atoms with E-state index in [-0.39, 0.29) is 18.4 Å². The Kier molecular flexibility index (Phi) is 4.80. The molecular formula is C21H20N4O3. The third-order valence-electron chi connectivity index (χ3n) is 4.44. The molecular weight excluding hydrogens is 356 g/mol. The first-order chi connectivity index (χ1) is 13.6. The number of aromatic nitrogens is 2. The monoisotopic (exact) mass is 376 g/mol. The molecule has 0 spiro atoms. The number of rotatable bonds is 5. The van der Waals surface area contributed by atoms with Crippen molar-refractivity contribution < 1.29 is 14.3 Å². The SMILES string of the molecule is Cc1ccc(NC(=O)c2ccc(NCc3ccc4c(c3)OCO4)nn2)c(C)c1. The van der Waals surface area contributed by atoms with Gasteiger partial charge in [0.1, 0.15) is 5.82 Å².